The molecule has 0 aliphatic heterocycles. The van der Waals surface area contributed by atoms with E-state index in [2.05, 4.69) is 0 Å². The van der Waals surface area contributed by atoms with Gasteiger partial charge >= 0.3 is 0 Å². The van der Waals surface area contributed by atoms with Gasteiger partial charge in [0.05, 0.1) is 11.5 Å². The first-order valence-corrected chi connectivity index (χ1v) is 6.66. The maximum atomic E-state index is 10.2. The Bertz CT molecular complexity index is 326. The van der Waals surface area contributed by atoms with Crippen molar-refractivity contribution in [1.29, 1.82) is 0 Å². The first-order chi connectivity index (χ1) is 6.10. The minimum atomic E-state index is -4.19. The van der Waals surface area contributed by atoms with Crippen LogP contribution in [0.4, 0.5) is 0 Å². The summed E-state index contributed by atoms with van der Waals surface area (Å²) < 4.78 is 57.3. The molecule has 0 atom stereocenters. The molecule has 0 amide bonds. The summed E-state index contributed by atoms with van der Waals surface area (Å²) in [6.45, 7) is -0.872. The van der Waals surface area contributed by atoms with Gasteiger partial charge < -0.3 is 5.21 Å². The molecule has 0 spiro atoms. The summed E-state index contributed by atoms with van der Waals surface area (Å²) in [6, 6.07) is 0. The standard InChI is InChI=1S/C4H11NO7S2.Na/c6-5(1-3-13(7,8)9)2-4-14(10,11)12;/h6H,1-4H2,(H,7,8,9)(H,10,11,12);. The molecule has 0 aromatic heterocycles. The van der Waals surface area contributed by atoms with Crippen LogP contribution in [0.5, 0.6) is 0 Å². The van der Waals surface area contributed by atoms with E-state index in [1.165, 1.54) is 0 Å². The Morgan fingerprint density at radius 2 is 1.13 bits per heavy atom. The van der Waals surface area contributed by atoms with Crippen LogP contribution in [0.3, 0.4) is 0 Å². The van der Waals surface area contributed by atoms with Crippen LogP contribution in [0.2, 0.25) is 0 Å². The summed E-state index contributed by atoms with van der Waals surface area (Å²) in [5.74, 6) is -1.43. The molecule has 3 N–H and O–H groups in total. The SMILES string of the molecule is O=S(=O)(O)CCN(O)CCS(=O)(=O)O.[Na]. The Morgan fingerprint density at radius 3 is 1.33 bits per heavy atom. The van der Waals surface area contributed by atoms with Crippen molar-refractivity contribution in [3.63, 3.8) is 0 Å². The molecule has 0 aromatic rings. The number of hydrogen-bond donors (Lipinski definition) is 3. The van der Waals surface area contributed by atoms with Gasteiger partial charge in [-0.1, -0.05) is 0 Å². The van der Waals surface area contributed by atoms with E-state index in [1.807, 2.05) is 0 Å². The van der Waals surface area contributed by atoms with Gasteiger partial charge in [0.15, 0.2) is 0 Å². The van der Waals surface area contributed by atoms with Gasteiger partial charge in [0.25, 0.3) is 20.2 Å². The normalized spacial score (nSPS) is 12.5. The van der Waals surface area contributed by atoms with Crippen molar-refractivity contribution in [3.05, 3.63) is 0 Å². The molecule has 0 heterocycles. The third kappa shape index (κ3) is 14.7. The van der Waals surface area contributed by atoms with Gasteiger partial charge in [-0.2, -0.15) is 21.9 Å². The van der Waals surface area contributed by atoms with Crippen LogP contribution in [-0.4, -0.2) is 90.4 Å². The van der Waals surface area contributed by atoms with Crippen molar-refractivity contribution >= 4 is 49.8 Å². The van der Waals surface area contributed by atoms with Gasteiger partial charge in [-0.15, -0.1) is 0 Å². The second kappa shape index (κ2) is 7.14. The summed E-state index contributed by atoms with van der Waals surface area (Å²) in [5.41, 5.74) is 0. The molecule has 0 bridgehead atoms. The summed E-state index contributed by atoms with van der Waals surface area (Å²) in [7, 11) is -8.37. The zero-order valence-corrected chi connectivity index (χ0v) is 11.7. The van der Waals surface area contributed by atoms with E-state index in [-0.39, 0.29) is 29.6 Å². The van der Waals surface area contributed by atoms with Crippen LogP contribution in [0.1, 0.15) is 0 Å². The Kier molecular flexibility index (Phi) is 8.62. The average Bonchev–Trinajstić information content (AvgIpc) is 1.94. The van der Waals surface area contributed by atoms with Gasteiger partial charge in [0, 0.05) is 42.6 Å². The molecule has 1 radical (unpaired) electrons. The van der Waals surface area contributed by atoms with Crippen LogP contribution in [0.25, 0.3) is 0 Å². The Morgan fingerprint density at radius 1 is 0.867 bits per heavy atom. The van der Waals surface area contributed by atoms with Crippen molar-refractivity contribution in [1.82, 2.24) is 5.06 Å². The van der Waals surface area contributed by atoms with Crippen LogP contribution in [0, 0.1) is 0 Å². The van der Waals surface area contributed by atoms with Gasteiger partial charge in [-0.05, 0) is 0 Å². The quantitative estimate of drug-likeness (QED) is 0.289. The molecule has 0 fully saturated rings. The molecule has 11 heteroatoms. The average molecular weight is 272 g/mol. The molecule has 0 aromatic carbocycles. The molecular weight excluding hydrogens is 261 g/mol. The Balaban J connectivity index is 0. The first-order valence-electron chi connectivity index (χ1n) is 3.44. The van der Waals surface area contributed by atoms with Crippen molar-refractivity contribution in [2.45, 2.75) is 0 Å². The minimum absolute atomic E-state index is 0. The fourth-order valence-corrected chi connectivity index (χ4v) is 1.44. The zero-order valence-electron chi connectivity index (χ0n) is 8.07. The summed E-state index contributed by atoms with van der Waals surface area (Å²) in [4.78, 5) is 0. The van der Waals surface area contributed by atoms with Crippen LogP contribution >= 0.6 is 0 Å². The second-order valence-corrected chi connectivity index (χ2v) is 5.67. The van der Waals surface area contributed by atoms with Crippen molar-refractivity contribution in [2.75, 3.05) is 24.6 Å². The molecule has 87 valence electrons. The minimum Gasteiger partial charge on any atom is -0.314 e. The predicted molar refractivity (Wildman–Crippen MR) is 51.9 cm³/mol. The fourth-order valence-electron chi connectivity index (χ4n) is 0.553. The van der Waals surface area contributed by atoms with Gasteiger partial charge in [-0.25, -0.2) is 0 Å². The number of hydrogen-bond acceptors (Lipinski definition) is 6. The van der Waals surface area contributed by atoms with E-state index < -0.39 is 44.8 Å². The Labute approximate surface area is 110 Å². The molecule has 0 rings (SSSR count). The zero-order chi connectivity index (χ0) is 11.4. The summed E-state index contributed by atoms with van der Waals surface area (Å²) >= 11 is 0. The predicted octanol–water partition coefficient (Wildman–Crippen LogP) is -1.93. The monoisotopic (exact) mass is 272 g/mol. The number of rotatable bonds is 6. The van der Waals surface area contributed by atoms with Crippen molar-refractivity contribution in [2.24, 2.45) is 0 Å². The fraction of sp³-hybridized carbons (Fsp3) is 1.00. The summed E-state index contributed by atoms with van der Waals surface area (Å²) in [5, 5.41) is 9.23. The smallest absolute Gasteiger partial charge is 0.266 e. The maximum Gasteiger partial charge on any atom is 0.266 e. The van der Waals surface area contributed by atoms with Gasteiger partial charge in [-0.3, -0.25) is 9.11 Å². The van der Waals surface area contributed by atoms with Gasteiger partial charge in [0.1, 0.15) is 0 Å². The molecule has 15 heavy (non-hydrogen) atoms. The van der Waals surface area contributed by atoms with Gasteiger partial charge in [0.2, 0.25) is 0 Å². The number of nitrogens with zero attached hydrogens (tertiary/aromatic N) is 1. The molecule has 0 unspecified atom stereocenters. The van der Waals surface area contributed by atoms with Crippen molar-refractivity contribution < 1.29 is 31.1 Å². The van der Waals surface area contributed by atoms with Crippen LogP contribution in [0.15, 0.2) is 0 Å². The van der Waals surface area contributed by atoms with E-state index in [9.17, 15) is 16.8 Å². The van der Waals surface area contributed by atoms with E-state index in [1.54, 1.807) is 0 Å². The van der Waals surface area contributed by atoms with Crippen LogP contribution in [-0.2, 0) is 20.2 Å². The number of hydroxylamine groups is 2. The molecule has 0 saturated carbocycles. The molecular formula is C4H11NNaO7S2. The molecule has 0 aliphatic rings. The van der Waals surface area contributed by atoms with E-state index >= 15 is 0 Å². The first kappa shape index (κ1) is 18.1. The van der Waals surface area contributed by atoms with Crippen LogP contribution < -0.4 is 0 Å². The maximum absolute atomic E-state index is 10.2. The second-order valence-electron chi connectivity index (χ2n) is 2.53. The van der Waals surface area contributed by atoms with E-state index in [4.69, 9.17) is 14.3 Å². The molecule has 0 saturated heterocycles. The topological polar surface area (TPSA) is 132 Å². The third-order valence-electron chi connectivity index (χ3n) is 1.21. The van der Waals surface area contributed by atoms with Crippen molar-refractivity contribution in [3.8, 4) is 0 Å². The largest absolute Gasteiger partial charge is 0.314 e. The molecule has 0 aliphatic carbocycles. The Hall–Kier alpha value is 0.740. The summed E-state index contributed by atoms with van der Waals surface area (Å²) in [6.07, 6.45) is 0. The molecule has 8 nitrogen and oxygen atoms in total. The van der Waals surface area contributed by atoms with E-state index in [0.29, 0.717) is 5.06 Å². The third-order valence-corrected chi connectivity index (χ3v) is 2.61. The van der Waals surface area contributed by atoms with E-state index in [0.717, 1.165) is 0 Å².